The Hall–Kier alpha value is -1.63. The maximum Gasteiger partial charge on any atom is 0.175 e. The molecule has 1 N–H and O–H groups in total. The highest BCUT2D eigenvalue weighted by molar-refractivity contribution is 9.10. The van der Waals surface area contributed by atoms with Gasteiger partial charge < -0.3 is 19.5 Å². The third kappa shape index (κ3) is 5.17. The highest BCUT2D eigenvalue weighted by Gasteiger charge is 2.15. The van der Waals surface area contributed by atoms with Crippen molar-refractivity contribution in [2.75, 3.05) is 20.3 Å². The van der Waals surface area contributed by atoms with E-state index in [9.17, 15) is 0 Å². The molecule has 2 aromatic rings. The van der Waals surface area contributed by atoms with Gasteiger partial charge >= 0.3 is 0 Å². The summed E-state index contributed by atoms with van der Waals surface area (Å²) in [4.78, 5) is 4.10. The number of nitrogens with zero attached hydrogens (tertiary/aromatic N) is 1. The van der Waals surface area contributed by atoms with Gasteiger partial charge in [-0.05, 0) is 52.5 Å². The van der Waals surface area contributed by atoms with Gasteiger partial charge in [-0.3, -0.25) is 4.98 Å². The third-order valence-corrected chi connectivity index (χ3v) is 4.71. The molecule has 1 aromatic carbocycles. The molecule has 0 saturated carbocycles. The van der Waals surface area contributed by atoms with Crippen molar-refractivity contribution in [3.05, 3.63) is 52.3 Å². The van der Waals surface area contributed by atoms with Crippen LogP contribution in [-0.2, 0) is 17.9 Å². The summed E-state index contributed by atoms with van der Waals surface area (Å²) in [6, 6.07) is 7.94. The number of hydrogen-bond donors (Lipinski definition) is 1. The highest BCUT2D eigenvalue weighted by atomic mass is 79.9. The number of nitrogens with one attached hydrogen (secondary N) is 1. The van der Waals surface area contributed by atoms with E-state index >= 15 is 0 Å². The van der Waals surface area contributed by atoms with E-state index in [4.69, 9.17) is 14.2 Å². The molecule has 5 nitrogen and oxygen atoms in total. The standard InChI is InChI=1S/C19H23BrN2O3/c1-23-18-9-15(11-22-12-16-5-3-7-24-16)8-17(20)19(18)25-13-14-4-2-6-21-10-14/h2,4,6,8-10,16,22H,3,5,7,11-13H2,1H3/t16-/m0/s1. The second-order valence-electron chi connectivity index (χ2n) is 6.02. The van der Waals surface area contributed by atoms with Crippen molar-refractivity contribution in [3.8, 4) is 11.5 Å². The molecule has 2 heterocycles. The average Bonchev–Trinajstić information content (AvgIpc) is 3.15. The van der Waals surface area contributed by atoms with Crippen LogP contribution >= 0.6 is 15.9 Å². The Balaban J connectivity index is 1.61. The number of rotatable bonds is 8. The van der Waals surface area contributed by atoms with Crippen LogP contribution in [0.4, 0.5) is 0 Å². The number of aromatic nitrogens is 1. The largest absolute Gasteiger partial charge is 0.493 e. The van der Waals surface area contributed by atoms with Crippen LogP contribution in [0.5, 0.6) is 11.5 Å². The summed E-state index contributed by atoms with van der Waals surface area (Å²) in [6.45, 7) is 2.96. The van der Waals surface area contributed by atoms with Crippen LogP contribution in [0, 0.1) is 0 Å². The molecule has 1 atom stereocenters. The first kappa shape index (κ1) is 18.2. The van der Waals surface area contributed by atoms with Crippen molar-refractivity contribution >= 4 is 15.9 Å². The lowest BCUT2D eigenvalue weighted by Gasteiger charge is -2.15. The first-order valence-electron chi connectivity index (χ1n) is 8.46. The number of halogens is 1. The van der Waals surface area contributed by atoms with Crippen molar-refractivity contribution in [3.63, 3.8) is 0 Å². The van der Waals surface area contributed by atoms with Crippen molar-refractivity contribution in [2.24, 2.45) is 0 Å². The lowest BCUT2D eigenvalue weighted by Crippen LogP contribution is -2.25. The first-order valence-corrected chi connectivity index (χ1v) is 9.26. The number of ether oxygens (including phenoxy) is 3. The minimum absolute atomic E-state index is 0.340. The quantitative estimate of drug-likeness (QED) is 0.723. The second-order valence-corrected chi connectivity index (χ2v) is 6.88. The molecule has 134 valence electrons. The molecule has 1 fully saturated rings. The Bertz CT molecular complexity index is 676. The number of hydrogen-bond acceptors (Lipinski definition) is 5. The Kier molecular flexibility index (Phi) is 6.67. The van der Waals surface area contributed by atoms with Gasteiger partial charge in [0.05, 0.1) is 17.7 Å². The molecular weight excluding hydrogens is 384 g/mol. The van der Waals surface area contributed by atoms with Gasteiger partial charge in [0.2, 0.25) is 0 Å². The van der Waals surface area contributed by atoms with E-state index < -0.39 is 0 Å². The molecule has 1 aromatic heterocycles. The molecule has 25 heavy (non-hydrogen) atoms. The fraction of sp³-hybridized carbons (Fsp3) is 0.421. The van der Waals surface area contributed by atoms with Crippen molar-refractivity contribution in [1.29, 1.82) is 0 Å². The molecule has 6 heteroatoms. The SMILES string of the molecule is COc1cc(CNC[C@@H]2CCCO2)cc(Br)c1OCc1cccnc1. The van der Waals surface area contributed by atoms with Crippen LogP contribution in [0.25, 0.3) is 0 Å². The van der Waals surface area contributed by atoms with Gasteiger partial charge in [0, 0.05) is 37.7 Å². The van der Waals surface area contributed by atoms with Crippen LogP contribution < -0.4 is 14.8 Å². The van der Waals surface area contributed by atoms with Crippen LogP contribution in [0.1, 0.15) is 24.0 Å². The molecule has 0 bridgehead atoms. The zero-order valence-corrected chi connectivity index (χ0v) is 15.9. The third-order valence-electron chi connectivity index (χ3n) is 4.12. The molecule has 0 spiro atoms. The maximum absolute atomic E-state index is 5.93. The van der Waals surface area contributed by atoms with Gasteiger partial charge in [-0.15, -0.1) is 0 Å². The molecule has 3 rings (SSSR count). The average molecular weight is 407 g/mol. The Morgan fingerprint density at radius 2 is 2.28 bits per heavy atom. The fourth-order valence-corrected chi connectivity index (χ4v) is 3.44. The van der Waals surface area contributed by atoms with Gasteiger partial charge in [-0.1, -0.05) is 6.07 Å². The van der Waals surface area contributed by atoms with Gasteiger partial charge in [0.1, 0.15) is 6.61 Å². The molecule has 0 aliphatic carbocycles. The smallest absolute Gasteiger partial charge is 0.175 e. The minimum Gasteiger partial charge on any atom is -0.493 e. The summed E-state index contributed by atoms with van der Waals surface area (Å²) in [5, 5.41) is 3.45. The Morgan fingerprint density at radius 1 is 1.36 bits per heavy atom. The summed E-state index contributed by atoms with van der Waals surface area (Å²) in [5.41, 5.74) is 2.15. The summed E-state index contributed by atoms with van der Waals surface area (Å²) < 4.78 is 18.0. The summed E-state index contributed by atoms with van der Waals surface area (Å²) in [7, 11) is 1.66. The normalized spacial score (nSPS) is 16.8. The molecule has 1 aliphatic heterocycles. The van der Waals surface area contributed by atoms with Gasteiger partial charge in [0.25, 0.3) is 0 Å². The maximum atomic E-state index is 5.93. The first-order chi connectivity index (χ1) is 12.3. The number of methoxy groups -OCH3 is 1. The van der Waals surface area contributed by atoms with Crippen LogP contribution in [0.2, 0.25) is 0 Å². The number of benzene rings is 1. The van der Waals surface area contributed by atoms with E-state index in [1.165, 1.54) is 0 Å². The van der Waals surface area contributed by atoms with Gasteiger partial charge in [-0.2, -0.15) is 0 Å². The molecule has 1 aliphatic rings. The summed E-state index contributed by atoms with van der Waals surface area (Å²) >= 11 is 3.60. The predicted octanol–water partition coefficient (Wildman–Crippen LogP) is 3.70. The van der Waals surface area contributed by atoms with E-state index in [0.29, 0.717) is 24.2 Å². The second kappa shape index (κ2) is 9.17. The summed E-state index contributed by atoms with van der Waals surface area (Å²) in [5.74, 6) is 1.42. The van der Waals surface area contributed by atoms with Crippen LogP contribution in [0.3, 0.4) is 0 Å². The van der Waals surface area contributed by atoms with Crippen LogP contribution in [0.15, 0.2) is 41.1 Å². The van der Waals surface area contributed by atoms with Crippen molar-refractivity contribution in [1.82, 2.24) is 10.3 Å². The lowest BCUT2D eigenvalue weighted by molar-refractivity contribution is 0.110. The topological polar surface area (TPSA) is 52.6 Å². The summed E-state index contributed by atoms with van der Waals surface area (Å²) in [6.07, 6.45) is 6.19. The Labute approximate surface area is 156 Å². The highest BCUT2D eigenvalue weighted by Crippen LogP contribution is 2.37. The van der Waals surface area contributed by atoms with Crippen molar-refractivity contribution in [2.45, 2.75) is 32.1 Å². The van der Waals surface area contributed by atoms with Gasteiger partial charge in [-0.25, -0.2) is 0 Å². The van der Waals surface area contributed by atoms with E-state index in [1.807, 2.05) is 18.2 Å². The van der Waals surface area contributed by atoms with E-state index in [0.717, 1.165) is 48.1 Å². The molecule has 0 radical (unpaired) electrons. The van der Waals surface area contributed by atoms with E-state index in [-0.39, 0.29) is 0 Å². The monoisotopic (exact) mass is 406 g/mol. The van der Waals surface area contributed by atoms with E-state index in [2.05, 4.69) is 32.3 Å². The lowest BCUT2D eigenvalue weighted by atomic mass is 10.2. The fourth-order valence-electron chi connectivity index (χ4n) is 2.84. The zero-order chi connectivity index (χ0) is 17.5. The zero-order valence-electron chi connectivity index (χ0n) is 14.3. The molecular formula is C19H23BrN2O3. The molecule has 0 unspecified atom stereocenters. The minimum atomic E-state index is 0.340. The molecule has 0 amide bonds. The predicted molar refractivity (Wildman–Crippen MR) is 99.9 cm³/mol. The number of pyridine rings is 1. The van der Waals surface area contributed by atoms with Gasteiger partial charge in [0.15, 0.2) is 11.5 Å². The van der Waals surface area contributed by atoms with Crippen molar-refractivity contribution < 1.29 is 14.2 Å². The van der Waals surface area contributed by atoms with E-state index in [1.54, 1.807) is 19.5 Å². The Morgan fingerprint density at radius 3 is 3.00 bits per heavy atom. The van der Waals surface area contributed by atoms with Crippen LogP contribution in [-0.4, -0.2) is 31.3 Å². The molecule has 1 saturated heterocycles.